The van der Waals surface area contributed by atoms with Crippen LogP contribution in [-0.4, -0.2) is 36.9 Å². The second-order valence-electron chi connectivity index (χ2n) is 4.92. The van der Waals surface area contributed by atoms with Gasteiger partial charge in [0.05, 0.1) is 17.4 Å². The summed E-state index contributed by atoms with van der Waals surface area (Å²) in [4.78, 5) is 13.5. The van der Waals surface area contributed by atoms with Crippen molar-refractivity contribution in [2.45, 2.75) is 32.8 Å². The van der Waals surface area contributed by atoms with E-state index in [0.29, 0.717) is 11.7 Å². The molecule has 0 amide bonds. The molecule has 4 nitrogen and oxygen atoms in total. The van der Waals surface area contributed by atoms with Gasteiger partial charge in [-0.1, -0.05) is 12.1 Å². The van der Waals surface area contributed by atoms with Crippen molar-refractivity contribution in [1.82, 2.24) is 0 Å². The van der Waals surface area contributed by atoms with Gasteiger partial charge in [0.1, 0.15) is 0 Å². The van der Waals surface area contributed by atoms with Crippen LogP contribution < -0.4 is 4.90 Å². The third-order valence-electron chi connectivity index (χ3n) is 3.63. The number of ether oxygens (including phenoxy) is 1. The Balaban J connectivity index is 2.17. The number of aryl methyl sites for hydroxylation is 1. The lowest BCUT2D eigenvalue weighted by Gasteiger charge is -2.35. The highest BCUT2D eigenvalue weighted by atomic mass is 16.5. The number of hydrogen-bond donors (Lipinski definition) is 1. The normalized spacial score (nSPS) is 16.6. The van der Waals surface area contributed by atoms with Crippen LogP contribution in [0.25, 0.3) is 0 Å². The van der Waals surface area contributed by atoms with Gasteiger partial charge in [-0.15, -0.1) is 0 Å². The lowest BCUT2D eigenvalue weighted by molar-refractivity contribution is 0.0459. The molecule has 1 saturated heterocycles. The molecule has 0 saturated carbocycles. The zero-order valence-electron chi connectivity index (χ0n) is 11.6. The third-order valence-corrected chi connectivity index (χ3v) is 3.63. The Labute approximate surface area is 114 Å². The summed E-state index contributed by atoms with van der Waals surface area (Å²) in [7, 11) is 0. The van der Waals surface area contributed by atoms with E-state index in [-0.39, 0.29) is 0 Å². The van der Waals surface area contributed by atoms with Gasteiger partial charge in [-0.05, 0) is 38.3 Å². The van der Waals surface area contributed by atoms with E-state index in [9.17, 15) is 9.90 Å². The standard InChI is InChI=1S/C15H21NO3/c1-3-19-12-7-9-16(10-8-12)14-11(2)5-4-6-13(14)15(17)18/h4-6,12H,3,7-10H2,1-2H3,(H,17,18). The van der Waals surface area contributed by atoms with Crippen molar-refractivity contribution in [2.24, 2.45) is 0 Å². The predicted octanol–water partition coefficient (Wildman–Crippen LogP) is 2.70. The number of carboxylic acids is 1. The van der Waals surface area contributed by atoms with Gasteiger partial charge in [0.25, 0.3) is 0 Å². The van der Waals surface area contributed by atoms with Gasteiger partial charge in [0, 0.05) is 19.7 Å². The first-order valence-electron chi connectivity index (χ1n) is 6.83. The number of carboxylic acid groups (broad SMARTS) is 1. The van der Waals surface area contributed by atoms with Crippen molar-refractivity contribution in [1.29, 1.82) is 0 Å². The molecule has 4 heteroatoms. The van der Waals surface area contributed by atoms with Crippen molar-refractivity contribution in [3.63, 3.8) is 0 Å². The highest BCUT2D eigenvalue weighted by molar-refractivity contribution is 5.95. The summed E-state index contributed by atoms with van der Waals surface area (Å²) in [5.74, 6) is -0.856. The quantitative estimate of drug-likeness (QED) is 0.907. The minimum atomic E-state index is -0.856. The summed E-state index contributed by atoms with van der Waals surface area (Å²) >= 11 is 0. The number of aromatic carboxylic acids is 1. The fraction of sp³-hybridized carbons (Fsp3) is 0.533. The molecule has 19 heavy (non-hydrogen) atoms. The Morgan fingerprint density at radius 3 is 2.68 bits per heavy atom. The Hall–Kier alpha value is -1.55. The van der Waals surface area contributed by atoms with E-state index < -0.39 is 5.97 Å². The van der Waals surface area contributed by atoms with Crippen LogP contribution in [0.4, 0.5) is 5.69 Å². The minimum Gasteiger partial charge on any atom is -0.478 e. The number of nitrogens with zero attached hydrogens (tertiary/aromatic N) is 1. The zero-order chi connectivity index (χ0) is 13.8. The largest absolute Gasteiger partial charge is 0.478 e. The number of rotatable bonds is 4. The van der Waals surface area contributed by atoms with Crippen LogP contribution in [0.1, 0.15) is 35.7 Å². The number of anilines is 1. The molecule has 1 aromatic carbocycles. The fourth-order valence-corrected chi connectivity index (χ4v) is 2.73. The maximum atomic E-state index is 11.3. The molecule has 104 valence electrons. The van der Waals surface area contributed by atoms with Crippen LogP contribution >= 0.6 is 0 Å². The first-order valence-corrected chi connectivity index (χ1v) is 6.83. The van der Waals surface area contributed by atoms with Gasteiger partial charge in [-0.25, -0.2) is 4.79 Å². The number of hydrogen-bond acceptors (Lipinski definition) is 3. The van der Waals surface area contributed by atoms with Gasteiger partial charge >= 0.3 is 5.97 Å². The predicted molar refractivity (Wildman–Crippen MR) is 75.0 cm³/mol. The van der Waals surface area contributed by atoms with Crippen LogP contribution in [0, 0.1) is 6.92 Å². The lowest BCUT2D eigenvalue weighted by atomic mass is 10.0. The highest BCUT2D eigenvalue weighted by Gasteiger charge is 2.24. The first kappa shape index (κ1) is 13.9. The lowest BCUT2D eigenvalue weighted by Crippen LogP contribution is -2.38. The molecule has 1 aromatic rings. The van der Waals surface area contributed by atoms with E-state index in [1.807, 2.05) is 19.9 Å². The van der Waals surface area contributed by atoms with Gasteiger partial charge in [0.2, 0.25) is 0 Å². The van der Waals surface area contributed by atoms with E-state index in [1.54, 1.807) is 12.1 Å². The molecule has 0 bridgehead atoms. The topological polar surface area (TPSA) is 49.8 Å². The van der Waals surface area contributed by atoms with Crippen LogP contribution in [0.15, 0.2) is 18.2 Å². The second-order valence-corrected chi connectivity index (χ2v) is 4.92. The van der Waals surface area contributed by atoms with Crippen molar-refractivity contribution in [2.75, 3.05) is 24.6 Å². The number of carbonyl (C=O) groups is 1. The molecular weight excluding hydrogens is 242 g/mol. The summed E-state index contributed by atoms with van der Waals surface area (Å²) in [5.41, 5.74) is 2.29. The molecule has 2 rings (SSSR count). The summed E-state index contributed by atoms with van der Waals surface area (Å²) in [5, 5.41) is 9.31. The van der Waals surface area contributed by atoms with Crippen LogP contribution in [0.3, 0.4) is 0 Å². The SMILES string of the molecule is CCOC1CCN(c2c(C)cccc2C(=O)O)CC1. The molecule has 0 radical (unpaired) electrons. The van der Waals surface area contributed by atoms with Gasteiger partial charge in [-0.3, -0.25) is 0 Å². The molecule has 0 spiro atoms. The molecule has 1 fully saturated rings. The van der Waals surface area contributed by atoms with Crippen LogP contribution in [-0.2, 0) is 4.74 Å². The Bertz CT molecular complexity index is 451. The van der Waals surface area contributed by atoms with E-state index in [0.717, 1.165) is 43.8 Å². The van der Waals surface area contributed by atoms with Crippen molar-refractivity contribution in [3.05, 3.63) is 29.3 Å². The third kappa shape index (κ3) is 3.07. The molecule has 0 atom stereocenters. The van der Waals surface area contributed by atoms with Crippen molar-refractivity contribution in [3.8, 4) is 0 Å². The summed E-state index contributed by atoms with van der Waals surface area (Å²) in [6, 6.07) is 5.45. The summed E-state index contributed by atoms with van der Waals surface area (Å²) in [6.07, 6.45) is 2.24. The van der Waals surface area contributed by atoms with Gasteiger partial charge in [0.15, 0.2) is 0 Å². The number of benzene rings is 1. The minimum absolute atomic E-state index is 0.318. The molecule has 1 aliphatic rings. The number of para-hydroxylation sites is 1. The first-order chi connectivity index (χ1) is 9.13. The van der Waals surface area contributed by atoms with E-state index in [2.05, 4.69) is 4.90 Å². The summed E-state index contributed by atoms with van der Waals surface area (Å²) in [6.45, 7) is 6.44. The maximum absolute atomic E-state index is 11.3. The molecule has 0 aliphatic carbocycles. The Morgan fingerprint density at radius 2 is 2.11 bits per heavy atom. The Morgan fingerprint density at radius 1 is 1.42 bits per heavy atom. The molecule has 0 aromatic heterocycles. The van der Waals surface area contributed by atoms with E-state index in [1.165, 1.54) is 0 Å². The molecule has 1 N–H and O–H groups in total. The molecular formula is C15H21NO3. The average Bonchev–Trinajstić information content (AvgIpc) is 2.40. The van der Waals surface area contributed by atoms with E-state index >= 15 is 0 Å². The number of piperidine rings is 1. The Kier molecular flexibility index (Phi) is 4.43. The van der Waals surface area contributed by atoms with Gasteiger partial charge < -0.3 is 14.7 Å². The van der Waals surface area contributed by atoms with E-state index in [4.69, 9.17) is 4.74 Å². The van der Waals surface area contributed by atoms with Gasteiger partial charge in [-0.2, -0.15) is 0 Å². The molecule has 0 unspecified atom stereocenters. The molecule has 1 aliphatic heterocycles. The second kappa shape index (κ2) is 6.06. The van der Waals surface area contributed by atoms with Crippen LogP contribution in [0.5, 0.6) is 0 Å². The van der Waals surface area contributed by atoms with Crippen LogP contribution in [0.2, 0.25) is 0 Å². The van der Waals surface area contributed by atoms with Crippen molar-refractivity contribution >= 4 is 11.7 Å². The smallest absolute Gasteiger partial charge is 0.337 e. The highest BCUT2D eigenvalue weighted by Crippen LogP contribution is 2.28. The average molecular weight is 263 g/mol. The zero-order valence-corrected chi connectivity index (χ0v) is 11.6. The summed E-state index contributed by atoms with van der Waals surface area (Å²) < 4.78 is 5.63. The monoisotopic (exact) mass is 263 g/mol. The van der Waals surface area contributed by atoms with Crippen molar-refractivity contribution < 1.29 is 14.6 Å². The fourth-order valence-electron chi connectivity index (χ4n) is 2.73. The molecule has 1 heterocycles. The maximum Gasteiger partial charge on any atom is 0.337 e.